The van der Waals surface area contributed by atoms with Crippen LogP contribution in [0.3, 0.4) is 0 Å². The molecule has 2 aromatic carbocycles. The first-order valence-corrected chi connectivity index (χ1v) is 11.2. The summed E-state index contributed by atoms with van der Waals surface area (Å²) in [4.78, 5) is 25.1. The first kappa shape index (κ1) is 24.4. The van der Waals surface area contributed by atoms with E-state index in [1.807, 2.05) is 6.07 Å². The van der Waals surface area contributed by atoms with Gasteiger partial charge >= 0.3 is 5.97 Å². The lowest BCUT2D eigenvalue weighted by molar-refractivity contribution is -0.147. The monoisotopic (exact) mass is 448 g/mol. The number of nitrogens with zero attached hydrogens (tertiary/aromatic N) is 1. The Morgan fingerprint density at radius 2 is 1.71 bits per heavy atom. The summed E-state index contributed by atoms with van der Waals surface area (Å²) in [5.41, 5.74) is 0.852. The van der Waals surface area contributed by atoms with E-state index in [0.29, 0.717) is 0 Å². The van der Waals surface area contributed by atoms with E-state index < -0.39 is 27.9 Å². The van der Waals surface area contributed by atoms with Crippen molar-refractivity contribution in [2.75, 3.05) is 21.2 Å². The zero-order chi connectivity index (χ0) is 23.2. The normalized spacial score (nSPS) is 12.5. The van der Waals surface area contributed by atoms with E-state index in [2.05, 4.69) is 5.32 Å². The molecule has 0 aliphatic rings. The summed E-state index contributed by atoms with van der Waals surface area (Å²) < 4.78 is 36.7. The number of carbonyl (C=O) groups excluding carboxylic acids is 2. The Balaban J connectivity index is 2.36. The van der Waals surface area contributed by atoms with Gasteiger partial charge in [0.15, 0.2) is 0 Å². The molecule has 1 amide bonds. The Bertz CT molecular complexity index is 1020. The number of methoxy groups -OCH3 is 1. The number of benzene rings is 2. The summed E-state index contributed by atoms with van der Waals surface area (Å²) >= 11 is 0. The molecule has 2 rings (SSSR count). The molecule has 8 nitrogen and oxygen atoms in total. The molecule has 2 aromatic rings. The molecular formula is C22H28N2O6S. The second-order valence-electron chi connectivity index (χ2n) is 7.33. The van der Waals surface area contributed by atoms with Crippen molar-refractivity contribution in [3.63, 3.8) is 0 Å². The Kier molecular flexibility index (Phi) is 8.18. The van der Waals surface area contributed by atoms with Crippen LogP contribution in [0.4, 0.5) is 0 Å². The van der Waals surface area contributed by atoms with Crippen LogP contribution in [0, 0.1) is 0 Å². The van der Waals surface area contributed by atoms with Crippen LogP contribution in [0.15, 0.2) is 53.4 Å². The summed E-state index contributed by atoms with van der Waals surface area (Å²) in [5.74, 6) is -0.843. The molecule has 0 radical (unpaired) electrons. The van der Waals surface area contributed by atoms with Gasteiger partial charge in [-0.3, -0.25) is 9.59 Å². The predicted molar refractivity (Wildman–Crippen MR) is 116 cm³/mol. The number of amides is 1. The van der Waals surface area contributed by atoms with Crippen LogP contribution >= 0.6 is 0 Å². The van der Waals surface area contributed by atoms with E-state index in [-0.39, 0.29) is 28.7 Å². The molecule has 1 atom stereocenters. The number of ether oxygens (including phenoxy) is 2. The zero-order valence-electron chi connectivity index (χ0n) is 18.3. The molecule has 168 valence electrons. The third-order valence-corrected chi connectivity index (χ3v) is 6.27. The van der Waals surface area contributed by atoms with Crippen LogP contribution in [0.25, 0.3) is 0 Å². The third kappa shape index (κ3) is 6.28. The van der Waals surface area contributed by atoms with Crippen molar-refractivity contribution in [1.82, 2.24) is 9.62 Å². The lowest BCUT2D eigenvalue weighted by atomic mass is 10.0. The minimum Gasteiger partial charge on any atom is -0.495 e. The summed E-state index contributed by atoms with van der Waals surface area (Å²) in [7, 11) is 0.314. The highest BCUT2D eigenvalue weighted by molar-refractivity contribution is 7.89. The minimum absolute atomic E-state index is 0.0626. The molecule has 0 saturated heterocycles. The second kappa shape index (κ2) is 10.4. The topological polar surface area (TPSA) is 102 Å². The van der Waals surface area contributed by atoms with Crippen LogP contribution < -0.4 is 10.1 Å². The summed E-state index contributed by atoms with van der Waals surface area (Å²) in [6.07, 6.45) is -0.340. The van der Waals surface area contributed by atoms with Crippen molar-refractivity contribution in [2.24, 2.45) is 0 Å². The van der Waals surface area contributed by atoms with Crippen LogP contribution in [-0.2, 0) is 19.6 Å². The standard InChI is InChI=1S/C22H28N2O6S/c1-15(2)30-21(25)14-18(16-9-7-6-8-10-16)23-22(26)17-11-12-19(29-5)20(13-17)31(27,28)24(3)4/h6-13,15,18H,14H2,1-5H3,(H,23,26). The van der Waals surface area contributed by atoms with Gasteiger partial charge < -0.3 is 14.8 Å². The Hall–Kier alpha value is -2.91. The second-order valence-corrected chi connectivity index (χ2v) is 9.45. The summed E-state index contributed by atoms with van der Waals surface area (Å²) in [5, 5.41) is 2.81. The van der Waals surface area contributed by atoms with E-state index in [1.54, 1.807) is 38.1 Å². The SMILES string of the molecule is COc1ccc(C(=O)NC(CC(=O)OC(C)C)c2ccccc2)cc1S(=O)(=O)N(C)C. The maximum absolute atomic E-state index is 13.0. The number of esters is 1. The summed E-state index contributed by atoms with van der Waals surface area (Å²) in [6.45, 7) is 3.50. The van der Waals surface area contributed by atoms with Crippen molar-refractivity contribution in [2.45, 2.75) is 37.3 Å². The maximum Gasteiger partial charge on any atom is 0.308 e. The van der Waals surface area contributed by atoms with Crippen molar-refractivity contribution in [3.8, 4) is 5.75 Å². The van der Waals surface area contributed by atoms with Gasteiger partial charge in [0, 0.05) is 19.7 Å². The molecule has 1 unspecified atom stereocenters. The smallest absolute Gasteiger partial charge is 0.308 e. The number of carbonyl (C=O) groups is 2. The van der Waals surface area contributed by atoms with Crippen molar-refractivity contribution in [3.05, 3.63) is 59.7 Å². The molecule has 0 bridgehead atoms. The van der Waals surface area contributed by atoms with E-state index in [4.69, 9.17) is 9.47 Å². The van der Waals surface area contributed by atoms with Gasteiger partial charge in [-0.1, -0.05) is 30.3 Å². The van der Waals surface area contributed by atoms with Crippen LogP contribution in [0.2, 0.25) is 0 Å². The van der Waals surface area contributed by atoms with Crippen molar-refractivity contribution >= 4 is 21.9 Å². The minimum atomic E-state index is -3.83. The fraction of sp³-hybridized carbons (Fsp3) is 0.364. The lowest BCUT2D eigenvalue weighted by Gasteiger charge is -2.20. The maximum atomic E-state index is 13.0. The van der Waals surface area contributed by atoms with Gasteiger partial charge in [0.1, 0.15) is 10.6 Å². The number of rotatable bonds is 9. The lowest BCUT2D eigenvalue weighted by Crippen LogP contribution is -2.31. The van der Waals surface area contributed by atoms with Gasteiger partial charge in [-0.15, -0.1) is 0 Å². The molecule has 0 aromatic heterocycles. The van der Waals surface area contributed by atoms with Crippen molar-refractivity contribution < 1.29 is 27.5 Å². The Morgan fingerprint density at radius 1 is 1.06 bits per heavy atom. The average Bonchev–Trinajstić information content (AvgIpc) is 2.72. The molecule has 0 aliphatic heterocycles. The van der Waals surface area contributed by atoms with Crippen LogP contribution in [0.1, 0.15) is 42.2 Å². The van der Waals surface area contributed by atoms with Gasteiger partial charge in [-0.2, -0.15) is 0 Å². The average molecular weight is 449 g/mol. The van der Waals surface area contributed by atoms with E-state index >= 15 is 0 Å². The van der Waals surface area contributed by atoms with Gasteiger partial charge in [0.2, 0.25) is 10.0 Å². The molecule has 31 heavy (non-hydrogen) atoms. The number of nitrogens with one attached hydrogen (secondary N) is 1. The van der Waals surface area contributed by atoms with E-state index in [1.165, 1.54) is 39.4 Å². The molecule has 1 N–H and O–H groups in total. The van der Waals surface area contributed by atoms with E-state index in [0.717, 1.165) is 9.87 Å². The molecule has 9 heteroatoms. The molecule has 0 spiro atoms. The highest BCUT2D eigenvalue weighted by atomic mass is 32.2. The number of hydrogen-bond donors (Lipinski definition) is 1. The van der Waals surface area contributed by atoms with Gasteiger partial charge in [0.05, 0.1) is 25.7 Å². The summed E-state index contributed by atoms with van der Waals surface area (Å²) in [6, 6.07) is 12.5. The van der Waals surface area contributed by atoms with Crippen LogP contribution in [-0.4, -0.2) is 51.9 Å². The zero-order valence-corrected chi connectivity index (χ0v) is 19.1. The quantitative estimate of drug-likeness (QED) is 0.592. The van der Waals surface area contributed by atoms with Gasteiger partial charge in [0.25, 0.3) is 5.91 Å². The molecule has 0 saturated carbocycles. The van der Waals surface area contributed by atoms with Gasteiger partial charge in [-0.05, 0) is 37.6 Å². The third-order valence-electron chi connectivity index (χ3n) is 4.43. The molecular weight excluding hydrogens is 420 g/mol. The predicted octanol–water partition coefficient (Wildman–Crippen LogP) is 2.76. The Morgan fingerprint density at radius 3 is 2.26 bits per heavy atom. The largest absolute Gasteiger partial charge is 0.495 e. The first-order valence-electron chi connectivity index (χ1n) is 9.72. The molecule has 0 heterocycles. The molecule has 0 fully saturated rings. The molecule has 0 aliphatic carbocycles. The highest BCUT2D eigenvalue weighted by Gasteiger charge is 2.25. The highest BCUT2D eigenvalue weighted by Crippen LogP contribution is 2.27. The van der Waals surface area contributed by atoms with Gasteiger partial charge in [-0.25, -0.2) is 12.7 Å². The van der Waals surface area contributed by atoms with E-state index in [9.17, 15) is 18.0 Å². The number of hydrogen-bond acceptors (Lipinski definition) is 6. The fourth-order valence-electron chi connectivity index (χ4n) is 2.87. The fourth-order valence-corrected chi connectivity index (χ4v) is 3.95. The van der Waals surface area contributed by atoms with Crippen LogP contribution in [0.5, 0.6) is 5.75 Å². The first-order chi connectivity index (χ1) is 14.6. The Labute approximate surface area is 183 Å². The van der Waals surface area contributed by atoms with Crippen molar-refractivity contribution in [1.29, 1.82) is 0 Å². The number of sulfonamides is 1.